The highest BCUT2D eigenvalue weighted by atomic mass is 123. The van der Waals surface area contributed by atoms with E-state index in [0.29, 0.717) is 5.75 Å². The smallest absolute Gasteiger partial charge is 0.408 e. The van der Waals surface area contributed by atoms with Crippen LogP contribution in [-0.2, 0) is 29.6 Å². The molecule has 160 valence electrons. The molecule has 0 radical (unpaired) electrons. The largest absolute Gasteiger partial charge is 0.467 e. The van der Waals surface area contributed by atoms with Crippen molar-refractivity contribution in [2.45, 2.75) is 37.7 Å². The van der Waals surface area contributed by atoms with Crippen LogP contribution in [0.2, 0.25) is 0 Å². The fourth-order valence-corrected chi connectivity index (χ4v) is 3.58. The molecule has 8 nitrogen and oxygen atoms in total. The lowest BCUT2D eigenvalue weighted by molar-refractivity contribution is -0.143. The first kappa shape index (κ1) is 25.4. The molecule has 0 aliphatic rings. The third-order valence-electron chi connectivity index (χ3n) is 3.78. The Hall–Kier alpha value is -1.66. The van der Waals surface area contributed by atoms with Crippen molar-refractivity contribution in [3.63, 3.8) is 0 Å². The lowest BCUT2D eigenvalue weighted by Crippen LogP contribution is -2.44. The van der Waals surface area contributed by atoms with Crippen LogP contribution >= 0.6 is 34.4 Å². The highest BCUT2D eigenvalue weighted by Gasteiger charge is 2.27. The minimum atomic E-state index is -1.17. The molecule has 0 unspecified atom stereocenters. The third-order valence-corrected chi connectivity index (χ3v) is 5.57. The summed E-state index contributed by atoms with van der Waals surface area (Å²) in [5.74, 6) is -0.764. The lowest BCUT2D eigenvalue weighted by Gasteiger charge is -2.19. The van der Waals surface area contributed by atoms with Gasteiger partial charge in [0.1, 0.15) is 18.4 Å². The molecule has 0 aliphatic carbocycles. The SMILES string of the molecule is COC(=O)[C@H](CCC(C)=O)NC(=O)O[C@@H](CSCc1ccc([123I])cc1)C(=O)CO. The second-order valence-electron chi connectivity index (χ2n) is 6.12. The van der Waals surface area contributed by atoms with Crippen LogP contribution < -0.4 is 5.32 Å². The molecule has 1 amide bonds. The van der Waals surface area contributed by atoms with Gasteiger partial charge in [-0.25, -0.2) is 9.59 Å². The van der Waals surface area contributed by atoms with Gasteiger partial charge in [-0.3, -0.25) is 4.79 Å². The van der Waals surface area contributed by atoms with E-state index in [9.17, 15) is 19.2 Å². The maximum Gasteiger partial charge on any atom is 0.408 e. The number of methoxy groups -OCH3 is 1. The second-order valence-corrected chi connectivity index (χ2v) is 8.40. The number of benzene rings is 1. The summed E-state index contributed by atoms with van der Waals surface area (Å²) in [6, 6.07) is 6.78. The van der Waals surface area contributed by atoms with Gasteiger partial charge in [0, 0.05) is 21.5 Å². The van der Waals surface area contributed by atoms with E-state index in [2.05, 4.69) is 32.6 Å². The van der Waals surface area contributed by atoms with Crippen LogP contribution in [0.4, 0.5) is 4.79 Å². The first-order valence-corrected chi connectivity index (χ1v) is 11.0. The number of aliphatic hydroxyl groups excluding tert-OH is 1. The number of alkyl carbamates (subject to hydrolysis) is 1. The zero-order chi connectivity index (χ0) is 21.8. The molecule has 0 spiro atoms. The summed E-state index contributed by atoms with van der Waals surface area (Å²) in [5.41, 5.74) is 1.05. The van der Waals surface area contributed by atoms with Gasteiger partial charge in [-0.2, -0.15) is 11.8 Å². The first-order valence-electron chi connectivity index (χ1n) is 8.77. The second kappa shape index (κ2) is 13.5. The van der Waals surface area contributed by atoms with E-state index in [-0.39, 0.29) is 24.4 Å². The summed E-state index contributed by atoms with van der Waals surface area (Å²) in [6.07, 6.45) is -2.03. The van der Waals surface area contributed by atoms with Gasteiger partial charge in [0.2, 0.25) is 0 Å². The van der Waals surface area contributed by atoms with E-state index < -0.39 is 36.6 Å². The Morgan fingerprint density at radius 3 is 2.41 bits per heavy atom. The first-order chi connectivity index (χ1) is 13.8. The van der Waals surface area contributed by atoms with Crippen molar-refractivity contribution in [3.8, 4) is 0 Å². The number of nitrogens with one attached hydrogen (secondary N) is 1. The number of carbonyl (C=O) groups excluding carboxylic acids is 4. The van der Waals surface area contributed by atoms with Crippen molar-refractivity contribution in [1.82, 2.24) is 5.32 Å². The van der Waals surface area contributed by atoms with Crippen LogP contribution in [0.1, 0.15) is 25.3 Å². The molecule has 0 aromatic heterocycles. The standard InChI is InChI=1S/C19H24INO7S/c1-12(23)3-8-15(18(25)27-2)21-19(26)28-17(16(24)9-22)11-29-10-13-4-6-14(20)7-5-13/h4-7,15,17,22H,3,8-11H2,1-2H3,(H,21,26)/t15-,17-/m0/s1/i20-4. The van der Waals surface area contributed by atoms with Crippen LogP contribution in [0, 0.1) is 3.57 Å². The van der Waals surface area contributed by atoms with E-state index in [0.717, 1.165) is 16.2 Å². The van der Waals surface area contributed by atoms with Gasteiger partial charge in [-0.1, -0.05) is 12.1 Å². The van der Waals surface area contributed by atoms with Crippen molar-refractivity contribution < 1.29 is 33.8 Å². The molecule has 0 fully saturated rings. The molecule has 0 saturated carbocycles. The highest BCUT2D eigenvalue weighted by molar-refractivity contribution is 14.1. The van der Waals surface area contributed by atoms with Crippen LogP contribution in [0.15, 0.2) is 24.3 Å². The predicted molar refractivity (Wildman–Crippen MR) is 117 cm³/mol. The van der Waals surface area contributed by atoms with Gasteiger partial charge in [0.25, 0.3) is 0 Å². The lowest BCUT2D eigenvalue weighted by atomic mass is 10.1. The number of ether oxygens (including phenoxy) is 2. The zero-order valence-electron chi connectivity index (χ0n) is 16.2. The molecule has 1 aromatic rings. The minimum Gasteiger partial charge on any atom is -0.467 e. The summed E-state index contributed by atoms with van der Waals surface area (Å²) in [6.45, 7) is 0.597. The number of esters is 1. The summed E-state index contributed by atoms with van der Waals surface area (Å²) in [7, 11) is 1.16. The van der Waals surface area contributed by atoms with Crippen molar-refractivity contribution in [3.05, 3.63) is 33.4 Å². The Labute approximate surface area is 187 Å². The molecule has 29 heavy (non-hydrogen) atoms. The number of thioether (sulfide) groups is 1. The van der Waals surface area contributed by atoms with Gasteiger partial charge in [0.15, 0.2) is 11.9 Å². The van der Waals surface area contributed by atoms with Crippen LogP contribution in [0.25, 0.3) is 0 Å². The van der Waals surface area contributed by atoms with Gasteiger partial charge in [-0.05, 0) is 53.6 Å². The quantitative estimate of drug-likeness (QED) is 0.310. The molecule has 0 aliphatic heterocycles. The molecule has 1 rings (SSSR count). The molecular formula is C19H24INO7S. The Bertz CT molecular complexity index is 711. The number of hydrogen-bond donors (Lipinski definition) is 2. The summed E-state index contributed by atoms with van der Waals surface area (Å²) < 4.78 is 10.8. The number of carbonyl (C=O) groups is 4. The van der Waals surface area contributed by atoms with Crippen molar-refractivity contribution >= 4 is 58.0 Å². The molecule has 0 bridgehead atoms. The van der Waals surface area contributed by atoms with E-state index in [1.165, 1.54) is 18.7 Å². The predicted octanol–water partition coefficient (Wildman–Crippen LogP) is 2.09. The molecule has 2 N–H and O–H groups in total. The van der Waals surface area contributed by atoms with E-state index in [1.54, 1.807) is 0 Å². The summed E-state index contributed by atoms with van der Waals surface area (Å²) in [4.78, 5) is 47.0. The van der Waals surface area contributed by atoms with Gasteiger partial charge in [0.05, 0.1) is 7.11 Å². The molecule has 10 heteroatoms. The average Bonchev–Trinajstić information content (AvgIpc) is 2.70. The monoisotopic (exact) mass is 533 g/mol. The fourth-order valence-electron chi connectivity index (χ4n) is 2.20. The third kappa shape index (κ3) is 10.1. The van der Waals surface area contributed by atoms with Gasteiger partial charge >= 0.3 is 12.1 Å². The average molecular weight is 533 g/mol. The van der Waals surface area contributed by atoms with Crippen molar-refractivity contribution in [2.24, 2.45) is 0 Å². The van der Waals surface area contributed by atoms with E-state index in [1.807, 2.05) is 24.3 Å². The fraction of sp³-hybridized carbons (Fsp3) is 0.474. The van der Waals surface area contributed by atoms with Crippen molar-refractivity contribution in [2.75, 3.05) is 19.5 Å². The number of Topliss-reactive ketones (excluding diaryl/α,β-unsaturated/α-hetero) is 2. The van der Waals surface area contributed by atoms with E-state index in [4.69, 9.17) is 9.84 Å². The minimum absolute atomic E-state index is 0.0529. The zero-order valence-corrected chi connectivity index (χ0v) is 19.2. The molecule has 0 saturated heterocycles. The van der Waals surface area contributed by atoms with E-state index >= 15 is 0 Å². The van der Waals surface area contributed by atoms with Gasteiger partial charge in [-0.15, -0.1) is 0 Å². The Balaban J connectivity index is 2.63. The topological polar surface area (TPSA) is 119 Å². The van der Waals surface area contributed by atoms with Crippen LogP contribution in [-0.4, -0.2) is 60.4 Å². The molecule has 2 atom stereocenters. The normalized spacial score (nSPS) is 12.6. The van der Waals surface area contributed by atoms with Gasteiger partial charge < -0.3 is 24.7 Å². The number of amides is 1. The number of rotatable bonds is 12. The Kier molecular flexibility index (Phi) is 11.9. The molecule has 0 heterocycles. The maximum absolute atomic E-state index is 12.1. The van der Waals surface area contributed by atoms with Crippen LogP contribution in [0.5, 0.6) is 0 Å². The van der Waals surface area contributed by atoms with Crippen LogP contribution in [0.3, 0.4) is 0 Å². The Morgan fingerprint density at radius 2 is 1.86 bits per heavy atom. The molecular weight excluding hydrogens is 509 g/mol. The number of hydrogen-bond acceptors (Lipinski definition) is 8. The molecule has 1 aromatic carbocycles. The maximum atomic E-state index is 12.1. The summed E-state index contributed by atoms with van der Waals surface area (Å²) in [5, 5.41) is 11.5. The van der Waals surface area contributed by atoms with Crippen molar-refractivity contribution in [1.29, 1.82) is 0 Å². The Morgan fingerprint density at radius 1 is 1.21 bits per heavy atom. The summed E-state index contributed by atoms with van der Waals surface area (Å²) >= 11 is 3.58. The highest BCUT2D eigenvalue weighted by Crippen LogP contribution is 2.16. The number of halogens is 1. The number of aliphatic hydroxyl groups is 1. The number of ketones is 2.